The fourth-order valence-electron chi connectivity index (χ4n) is 2.56. The second-order valence-electron chi connectivity index (χ2n) is 5.19. The van der Waals surface area contributed by atoms with Crippen molar-refractivity contribution in [3.8, 4) is 0 Å². The molecule has 0 radical (unpaired) electrons. The molecule has 0 saturated heterocycles. The lowest BCUT2D eigenvalue weighted by atomic mass is 9.91. The molecule has 70 valence electrons. The molecule has 0 aromatic heterocycles. The lowest BCUT2D eigenvalue weighted by Crippen LogP contribution is -2.36. The zero-order chi connectivity index (χ0) is 8.60. The van der Waals surface area contributed by atoms with E-state index in [0.717, 1.165) is 11.8 Å². The van der Waals surface area contributed by atoms with Gasteiger partial charge in [-0.1, -0.05) is 19.8 Å². The quantitative estimate of drug-likeness (QED) is 0.687. The van der Waals surface area contributed by atoms with Crippen LogP contribution in [-0.2, 0) is 0 Å². The van der Waals surface area contributed by atoms with Crippen LogP contribution in [0.5, 0.6) is 0 Å². The summed E-state index contributed by atoms with van der Waals surface area (Å²) in [6.45, 7) is 2.34. The third-order valence-corrected chi connectivity index (χ3v) is 3.64. The van der Waals surface area contributed by atoms with Crippen molar-refractivity contribution in [2.75, 3.05) is 0 Å². The Bertz CT molecular complexity index is 162. The summed E-state index contributed by atoms with van der Waals surface area (Å²) in [6.07, 6.45) is 9.57. The maximum absolute atomic E-state index is 6.33. The van der Waals surface area contributed by atoms with Gasteiger partial charge in [-0.05, 0) is 43.9 Å². The third kappa shape index (κ3) is 2.01. The van der Waals surface area contributed by atoms with Crippen molar-refractivity contribution in [1.29, 1.82) is 0 Å². The van der Waals surface area contributed by atoms with E-state index in [9.17, 15) is 0 Å². The van der Waals surface area contributed by atoms with Crippen molar-refractivity contribution in [3.05, 3.63) is 0 Å². The van der Waals surface area contributed by atoms with Crippen molar-refractivity contribution >= 4 is 0 Å². The highest BCUT2D eigenvalue weighted by molar-refractivity contribution is 4.93. The second kappa shape index (κ2) is 3.02. The number of hydrogen-bond donors (Lipinski definition) is 1. The highest BCUT2D eigenvalue weighted by atomic mass is 14.8. The molecule has 2 atom stereocenters. The summed E-state index contributed by atoms with van der Waals surface area (Å²) < 4.78 is 0. The van der Waals surface area contributed by atoms with Crippen LogP contribution in [0.3, 0.4) is 0 Å². The molecule has 0 spiro atoms. The number of hydrogen-bond acceptors (Lipinski definition) is 1. The Hall–Kier alpha value is -0.0400. The molecule has 0 amide bonds. The van der Waals surface area contributed by atoms with E-state index in [4.69, 9.17) is 5.73 Å². The highest BCUT2D eigenvalue weighted by Crippen LogP contribution is 2.40. The first-order valence-corrected chi connectivity index (χ1v) is 5.47. The van der Waals surface area contributed by atoms with Crippen LogP contribution in [0.15, 0.2) is 0 Å². The van der Waals surface area contributed by atoms with Crippen LogP contribution < -0.4 is 5.73 Å². The molecule has 2 aliphatic rings. The molecule has 12 heavy (non-hydrogen) atoms. The van der Waals surface area contributed by atoms with Crippen LogP contribution in [0.25, 0.3) is 0 Å². The van der Waals surface area contributed by atoms with Crippen LogP contribution in [-0.4, -0.2) is 5.54 Å². The lowest BCUT2D eigenvalue weighted by Gasteiger charge is -2.23. The van der Waals surface area contributed by atoms with Gasteiger partial charge in [0.2, 0.25) is 0 Å². The molecule has 0 aliphatic heterocycles. The van der Waals surface area contributed by atoms with Gasteiger partial charge in [0.05, 0.1) is 0 Å². The molecule has 2 N–H and O–H groups in total. The van der Waals surface area contributed by atoms with Gasteiger partial charge in [-0.2, -0.15) is 0 Å². The van der Waals surface area contributed by atoms with E-state index >= 15 is 0 Å². The van der Waals surface area contributed by atoms with Crippen LogP contribution in [0.4, 0.5) is 0 Å². The van der Waals surface area contributed by atoms with Crippen LogP contribution >= 0.6 is 0 Å². The molecule has 2 unspecified atom stereocenters. The molecule has 0 heterocycles. The Morgan fingerprint density at radius 2 is 2.08 bits per heavy atom. The van der Waals surface area contributed by atoms with Gasteiger partial charge in [-0.25, -0.2) is 0 Å². The highest BCUT2D eigenvalue weighted by Gasteiger charge is 2.34. The van der Waals surface area contributed by atoms with E-state index in [-0.39, 0.29) is 5.54 Å². The summed E-state index contributed by atoms with van der Waals surface area (Å²) >= 11 is 0. The van der Waals surface area contributed by atoms with E-state index in [0.29, 0.717) is 0 Å². The normalized spacial score (nSPS) is 42.0. The lowest BCUT2D eigenvalue weighted by molar-refractivity contribution is 0.371. The molecule has 0 aromatic rings. The minimum absolute atomic E-state index is 0.238. The molecular weight excluding hydrogens is 146 g/mol. The van der Waals surface area contributed by atoms with E-state index in [1.165, 1.54) is 44.9 Å². The zero-order valence-corrected chi connectivity index (χ0v) is 8.18. The average molecular weight is 167 g/mol. The Labute approximate surface area is 75.7 Å². The monoisotopic (exact) mass is 167 g/mol. The average Bonchev–Trinajstić information content (AvgIpc) is 2.77. The van der Waals surface area contributed by atoms with Crippen LogP contribution in [0, 0.1) is 11.8 Å². The molecule has 0 bridgehead atoms. The first kappa shape index (κ1) is 8.55. The maximum atomic E-state index is 6.33. The van der Waals surface area contributed by atoms with Gasteiger partial charge in [0, 0.05) is 5.54 Å². The third-order valence-electron chi connectivity index (χ3n) is 3.64. The van der Waals surface area contributed by atoms with Gasteiger partial charge in [0.1, 0.15) is 0 Å². The summed E-state index contributed by atoms with van der Waals surface area (Å²) in [5.74, 6) is 1.94. The Kier molecular flexibility index (Phi) is 2.16. The van der Waals surface area contributed by atoms with Gasteiger partial charge in [0.25, 0.3) is 0 Å². The minimum atomic E-state index is 0.238. The molecule has 2 saturated carbocycles. The molecule has 2 aliphatic carbocycles. The van der Waals surface area contributed by atoms with Gasteiger partial charge in [-0.3, -0.25) is 0 Å². The fraction of sp³-hybridized carbons (Fsp3) is 1.00. The summed E-state index contributed by atoms with van der Waals surface area (Å²) in [4.78, 5) is 0. The topological polar surface area (TPSA) is 26.0 Å². The van der Waals surface area contributed by atoms with Crippen molar-refractivity contribution in [3.63, 3.8) is 0 Å². The Morgan fingerprint density at radius 3 is 2.58 bits per heavy atom. The summed E-state index contributed by atoms with van der Waals surface area (Å²) in [5, 5.41) is 0. The predicted molar refractivity (Wildman–Crippen MR) is 51.9 cm³/mol. The standard InChI is InChI=1S/C11H21N/c1-9-4-6-11(12,8-9)7-5-10-2-3-10/h9-10H,2-8,12H2,1H3. The van der Waals surface area contributed by atoms with Gasteiger partial charge in [-0.15, -0.1) is 0 Å². The Morgan fingerprint density at radius 1 is 1.33 bits per heavy atom. The first-order chi connectivity index (χ1) is 5.68. The Balaban J connectivity index is 1.76. The summed E-state index contributed by atoms with van der Waals surface area (Å²) in [5.41, 5.74) is 6.56. The number of nitrogens with two attached hydrogens (primary N) is 1. The molecule has 1 nitrogen and oxygen atoms in total. The molecule has 0 aromatic carbocycles. The van der Waals surface area contributed by atoms with Gasteiger partial charge in [0.15, 0.2) is 0 Å². The number of rotatable bonds is 3. The van der Waals surface area contributed by atoms with Gasteiger partial charge < -0.3 is 5.73 Å². The van der Waals surface area contributed by atoms with E-state index < -0.39 is 0 Å². The zero-order valence-electron chi connectivity index (χ0n) is 8.18. The first-order valence-electron chi connectivity index (χ1n) is 5.47. The van der Waals surface area contributed by atoms with Gasteiger partial charge >= 0.3 is 0 Å². The molecule has 2 rings (SSSR count). The largest absolute Gasteiger partial charge is 0.325 e. The van der Waals surface area contributed by atoms with Crippen molar-refractivity contribution < 1.29 is 0 Å². The van der Waals surface area contributed by atoms with Crippen molar-refractivity contribution in [2.45, 2.75) is 57.4 Å². The molecular formula is C11H21N. The van der Waals surface area contributed by atoms with E-state index in [1.54, 1.807) is 0 Å². The summed E-state index contributed by atoms with van der Waals surface area (Å²) in [7, 11) is 0. The predicted octanol–water partition coefficient (Wildman–Crippen LogP) is 2.69. The second-order valence-corrected chi connectivity index (χ2v) is 5.19. The molecule has 1 heteroatoms. The van der Waals surface area contributed by atoms with Crippen molar-refractivity contribution in [1.82, 2.24) is 0 Å². The SMILES string of the molecule is CC1CCC(N)(CCC2CC2)C1. The van der Waals surface area contributed by atoms with Crippen LogP contribution in [0.2, 0.25) is 0 Å². The maximum Gasteiger partial charge on any atom is 0.0157 e. The molecule has 2 fully saturated rings. The minimum Gasteiger partial charge on any atom is -0.325 e. The van der Waals surface area contributed by atoms with Crippen molar-refractivity contribution in [2.24, 2.45) is 17.6 Å². The summed E-state index contributed by atoms with van der Waals surface area (Å²) in [6, 6.07) is 0. The van der Waals surface area contributed by atoms with Crippen LogP contribution in [0.1, 0.15) is 51.9 Å². The van der Waals surface area contributed by atoms with E-state index in [2.05, 4.69) is 6.92 Å². The fourth-order valence-corrected chi connectivity index (χ4v) is 2.56. The van der Waals surface area contributed by atoms with E-state index in [1.807, 2.05) is 0 Å². The smallest absolute Gasteiger partial charge is 0.0157 e.